The smallest absolute Gasteiger partial charge is 0.0717 e. The second kappa shape index (κ2) is 8.49. The van der Waals surface area contributed by atoms with Crippen molar-refractivity contribution >= 4 is 70.6 Å². The first kappa shape index (κ1) is 17.9. The topological polar surface area (TPSA) is 0 Å². The molecule has 3 aliphatic heterocycles. The van der Waals surface area contributed by atoms with Gasteiger partial charge in [0.2, 0.25) is 0 Å². The van der Waals surface area contributed by atoms with Crippen LogP contribution < -0.4 is 0 Å². The van der Waals surface area contributed by atoms with Crippen molar-refractivity contribution in [3.63, 3.8) is 0 Å². The zero-order valence-electron chi connectivity index (χ0n) is 13.4. The minimum atomic E-state index is 1.18. The van der Waals surface area contributed by atoms with Crippen molar-refractivity contribution in [3.05, 3.63) is 62.7 Å². The van der Waals surface area contributed by atoms with Gasteiger partial charge in [-0.1, -0.05) is 77.4 Å². The van der Waals surface area contributed by atoms with Gasteiger partial charge in [0.1, 0.15) is 0 Å². The summed E-state index contributed by atoms with van der Waals surface area (Å²) >= 11 is 12.1. The summed E-state index contributed by atoms with van der Waals surface area (Å²) < 4.78 is 6.15. The van der Waals surface area contributed by atoms with Gasteiger partial charge in [-0.25, -0.2) is 0 Å². The van der Waals surface area contributed by atoms with E-state index in [1.165, 1.54) is 49.7 Å². The van der Waals surface area contributed by atoms with E-state index in [-0.39, 0.29) is 0 Å². The van der Waals surface area contributed by atoms with Crippen LogP contribution in [0.3, 0.4) is 0 Å². The summed E-state index contributed by atoms with van der Waals surface area (Å²) in [6.45, 7) is 2.30. The average molecular weight is 427 g/mol. The maximum absolute atomic E-state index is 2.30. The summed E-state index contributed by atoms with van der Waals surface area (Å²) in [7, 11) is 0. The van der Waals surface area contributed by atoms with E-state index in [2.05, 4.69) is 37.3 Å². The van der Waals surface area contributed by atoms with Crippen LogP contribution in [0, 0.1) is 0 Å². The molecule has 6 heteroatoms. The number of benzene rings is 1. The molecule has 0 aromatic heterocycles. The molecule has 3 aliphatic rings. The molecule has 4 rings (SSSR count). The summed E-state index contributed by atoms with van der Waals surface area (Å²) in [6, 6.07) is 10.9. The zero-order valence-corrected chi connectivity index (χ0v) is 18.3. The van der Waals surface area contributed by atoms with Crippen LogP contribution in [0.1, 0.15) is 25.3 Å². The Morgan fingerprint density at radius 2 is 1.42 bits per heavy atom. The van der Waals surface area contributed by atoms with Crippen LogP contribution in [0.15, 0.2) is 57.1 Å². The molecule has 0 bridgehead atoms. The Balaban J connectivity index is 1.34. The number of hydrogen-bond acceptors (Lipinski definition) is 6. The van der Waals surface area contributed by atoms with E-state index >= 15 is 0 Å². The molecule has 0 unspecified atom stereocenters. The lowest BCUT2D eigenvalue weighted by atomic mass is 10.1. The van der Waals surface area contributed by atoms with Crippen molar-refractivity contribution in [1.29, 1.82) is 0 Å². The molecule has 24 heavy (non-hydrogen) atoms. The first-order chi connectivity index (χ1) is 11.8. The van der Waals surface area contributed by atoms with Crippen LogP contribution in [0.4, 0.5) is 0 Å². The highest BCUT2D eigenvalue weighted by Crippen LogP contribution is 2.65. The molecule has 0 aliphatic carbocycles. The van der Waals surface area contributed by atoms with Crippen LogP contribution in [-0.2, 0) is 6.42 Å². The van der Waals surface area contributed by atoms with Crippen molar-refractivity contribution in [2.24, 2.45) is 0 Å². The van der Waals surface area contributed by atoms with Gasteiger partial charge in [-0.2, -0.15) is 0 Å². The number of thioether (sulfide) groups is 6. The second-order valence-electron chi connectivity index (χ2n) is 5.57. The van der Waals surface area contributed by atoms with Gasteiger partial charge >= 0.3 is 0 Å². The summed E-state index contributed by atoms with van der Waals surface area (Å²) in [5.41, 5.74) is 1.46. The lowest BCUT2D eigenvalue weighted by Gasteiger charge is -2.08. The molecule has 1 aromatic carbocycles. The fraction of sp³-hybridized carbons (Fsp3) is 0.333. The number of rotatable bonds is 4. The van der Waals surface area contributed by atoms with Crippen LogP contribution in [-0.4, -0.2) is 11.5 Å². The Hall–Kier alpha value is 0.540. The molecule has 0 radical (unpaired) electrons. The van der Waals surface area contributed by atoms with E-state index in [1.54, 1.807) is 13.4 Å². The Bertz CT molecular complexity index is 696. The molecule has 126 valence electrons. The first-order valence-electron chi connectivity index (χ1n) is 7.99. The molecule has 0 amide bonds. The molecule has 0 atom stereocenters. The van der Waals surface area contributed by atoms with Crippen molar-refractivity contribution in [2.75, 3.05) is 11.5 Å². The summed E-state index contributed by atoms with van der Waals surface area (Å²) in [5.74, 6) is 2.53. The lowest BCUT2D eigenvalue weighted by molar-refractivity contribution is 0.835. The standard InChI is InChI=1S/C18H18S6/c1-12-14(9-5-8-13-6-3-2-4-7-13)22-17(21-12)18-23-15-16(24-18)20-11-10-19-15/h2-4,6-7H,5,8-11H2,1H3. The molecule has 0 N–H and O–H groups in total. The Morgan fingerprint density at radius 1 is 0.750 bits per heavy atom. The molecule has 0 saturated carbocycles. The SMILES string of the molecule is CC1=C(CCCc2ccccc2)SC(=C2SC3=C(SCCS3)S2)S1. The van der Waals surface area contributed by atoms with E-state index in [9.17, 15) is 0 Å². The minimum absolute atomic E-state index is 1.18. The third-order valence-electron chi connectivity index (χ3n) is 3.82. The Morgan fingerprint density at radius 3 is 2.12 bits per heavy atom. The van der Waals surface area contributed by atoms with Crippen LogP contribution in [0.2, 0.25) is 0 Å². The van der Waals surface area contributed by atoms with Crippen molar-refractivity contribution in [1.82, 2.24) is 0 Å². The highest BCUT2D eigenvalue weighted by molar-refractivity contribution is 8.43. The highest BCUT2D eigenvalue weighted by atomic mass is 32.3. The molecular weight excluding hydrogens is 409 g/mol. The fourth-order valence-corrected chi connectivity index (χ4v) is 11.6. The van der Waals surface area contributed by atoms with Gasteiger partial charge in [0, 0.05) is 11.5 Å². The molecule has 0 spiro atoms. The normalized spacial score (nSPS) is 21.0. The van der Waals surface area contributed by atoms with Crippen LogP contribution in [0.25, 0.3) is 0 Å². The molecule has 3 heterocycles. The third-order valence-corrected chi connectivity index (χ3v) is 12.8. The van der Waals surface area contributed by atoms with Gasteiger partial charge in [-0.05, 0) is 41.6 Å². The largest absolute Gasteiger partial charge is 0.116 e. The minimum Gasteiger partial charge on any atom is -0.116 e. The van der Waals surface area contributed by atoms with E-state index in [0.717, 1.165) is 0 Å². The van der Waals surface area contributed by atoms with Gasteiger partial charge in [-0.3, -0.25) is 0 Å². The van der Waals surface area contributed by atoms with Gasteiger partial charge < -0.3 is 0 Å². The maximum Gasteiger partial charge on any atom is 0.0717 e. The lowest BCUT2D eigenvalue weighted by Crippen LogP contribution is -1.88. The quantitative estimate of drug-likeness (QED) is 0.476. The van der Waals surface area contributed by atoms with Crippen molar-refractivity contribution in [3.8, 4) is 0 Å². The van der Waals surface area contributed by atoms with Crippen LogP contribution >= 0.6 is 70.6 Å². The molecule has 0 saturated heterocycles. The molecule has 0 nitrogen and oxygen atoms in total. The second-order valence-corrected chi connectivity index (χ2v) is 13.2. The average Bonchev–Trinajstić information content (AvgIpc) is 3.19. The monoisotopic (exact) mass is 426 g/mol. The van der Waals surface area contributed by atoms with E-state index < -0.39 is 0 Å². The molecule has 1 aromatic rings. The van der Waals surface area contributed by atoms with Gasteiger partial charge in [0.05, 0.1) is 16.9 Å². The summed E-state index contributed by atoms with van der Waals surface area (Å²) in [4.78, 5) is 3.10. The maximum atomic E-state index is 2.30. The third kappa shape index (κ3) is 4.26. The number of aryl methyl sites for hydroxylation is 1. The van der Waals surface area contributed by atoms with Gasteiger partial charge in [0.25, 0.3) is 0 Å². The zero-order chi connectivity index (χ0) is 16.4. The number of hydrogen-bond donors (Lipinski definition) is 0. The van der Waals surface area contributed by atoms with Crippen LogP contribution in [0.5, 0.6) is 0 Å². The van der Waals surface area contributed by atoms with Gasteiger partial charge in [0.15, 0.2) is 0 Å². The van der Waals surface area contributed by atoms with Crippen molar-refractivity contribution < 1.29 is 0 Å². The Labute approximate surface area is 169 Å². The molecular formula is C18H18S6. The van der Waals surface area contributed by atoms with E-state index in [1.807, 2.05) is 70.6 Å². The summed E-state index contributed by atoms with van der Waals surface area (Å²) in [6.07, 6.45) is 3.64. The Kier molecular flexibility index (Phi) is 6.34. The predicted molar refractivity (Wildman–Crippen MR) is 121 cm³/mol. The van der Waals surface area contributed by atoms with E-state index in [0.29, 0.717) is 0 Å². The first-order valence-corrected chi connectivity index (χ1v) is 13.2. The van der Waals surface area contributed by atoms with Gasteiger partial charge in [-0.15, -0.1) is 23.5 Å². The molecule has 0 fully saturated rings. The van der Waals surface area contributed by atoms with E-state index in [4.69, 9.17) is 0 Å². The number of allylic oxidation sites excluding steroid dienone is 2. The van der Waals surface area contributed by atoms with Crippen molar-refractivity contribution in [2.45, 2.75) is 26.2 Å². The predicted octanol–water partition coefficient (Wildman–Crippen LogP) is 7.93. The fourth-order valence-electron chi connectivity index (χ4n) is 2.61. The highest BCUT2D eigenvalue weighted by Gasteiger charge is 2.30. The summed E-state index contributed by atoms with van der Waals surface area (Å²) in [5, 5.41) is 0.